The highest BCUT2D eigenvalue weighted by Gasteiger charge is 2.23. The van der Waals surface area contributed by atoms with E-state index in [1.807, 2.05) is 0 Å². The lowest BCUT2D eigenvalue weighted by Gasteiger charge is -2.21. The highest BCUT2D eigenvalue weighted by molar-refractivity contribution is 7.92. The number of hydrogen-bond acceptors (Lipinski definition) is 6. The van der Waals surface area contributed by atoms with Gasteiger partial charge < -0.3 is 19.5 Å². The molecule has 2 N–H and O–H groups in total. The maximum Gasteiger partial charge on any atom is 0.262 e. The second-order valence-corrected chi connectivity index (χ2v) is 6.82. The maximum atomic E-state index is 12.7. The SMILES string of the molecule is COc1ccc(S(=O)(=O)Nc2cccc3c2OCC(=O)N3)cc1OC. The number of nitrogens with one attached hydrogen (secondary N) is 2. The molecule has 0 atom stereocenters. The molecule has 1 aliphatic rings. The molecule has 1 aliphatic heterocycles. The molecule has 0 aliphatic carbocycles. The molecule has 0 spiro atoms. The Labute approximate surface area is 144 Å². The lowest BCUT2D eigenvalue weighted by Crippen LogP contribution is -2.26. The van der Waals surface area contributed by atoms with Gasteiger partial charge in [0.1, 0.15) is 0 Å². The van der Waals surface area contributed by atoms with Crippen molar-refractivity contribution in [3.8, 4) is 17.2 Å². The molecule has 0 saturated heterocycles. The van der Waals surface area contributed by atoms with Gasteiger partial charge in [-0.05, 0) is 24.3 Å². The molecule has 0 bridgehead atoms. The van der Waals surface area contributed by atoms with Crippen LogP contribution in [0.15, 0.2) is 41.3 Å². The minimum Gasteiger partial charge on any atom is -0.493 e. The number of anilines is 2. The molecule has 0 radical (unpaired) electrons. The Morgan fingerprint density at radius 2 is 1.88 bits per heavy atom. The molecule has 0 fully saturated rings. The van der Waals surface area contributed by atoms with E-state index in [1.54, 1.807) is 18.2 Å². The molecule has 0 saturated carbocycles. The van der Waals surface area contributed by atoms with Gasteiger partial charge in [-0.1, -0.05) is 6.07 Å². The molecule has 1 heterocycles. The first-order valence-electron chi connectivity index (χ1n) is 7.25. The molecular weight excluding hydrogens is 348 g/mol. The van der Waals surface area contributed by atoms with E-state index in [-0.39, 0.29) is 28.8 Å². The number of fused-ring (bicyclic) bond motifs is 1. The van der Waals surface area contributed by atoms with Gasteiger partial charge in [0.15, 0.2) is 23.9 Å². The smallest absolute Gasteiger partial charge is 0.262 e. The molecule has 1 amide bonds. The third-order valence-electron chi connectivity index (χ3n) is 3.55. The minimum absolute atomic E-state index is 0.00241. The number of rotatable bonds is 5. The van der Waals surface area contributed by atoms with Crippen LogP contribution in [0.5, 0.6) is 17.2 Å². The van der Waals surface area contributed by atoms with Crippen molar-refractivity contribution >= 4 is 27.3 Å². The van der Waals surface area contributed by atoms with Gasteiger partial charge in [-0.2, -0.15) is 0 Å². The predicted octanol–water partition coefficient (Wildman–Crippen LogP) is 1.84. The van der Waals surface area contributed by atoms with E-state index in [1.165, 1.54) is 32.4 Å². The summed E-state index contributed by atoms with van der Waals surface area (Å²) in [5, 5.41) is 2.62. The van der Waals surface area contributed by atoms with Crippen LogP contribution < -0.4 is 24.2 Å². The van der Waals surface area contributed by atoms with Crippen LogP contribution in [0.3, 0.4) is 0 Å². The van der Waals surface area contributed by atoms with Crippen LogP contribution in [0.1, 0.15) is 0 Å². The number of carbonyl (C=O) groups excluding carboxylic acids is 1. The maximum absolute atomic E-state index is 12.7. The van der Waals surface area contributed by atoms with Gasteiger partial charge in [0.2, 0.25) is 0 Å². The van der Waals surface area contributed by atoms with Crippen molar-refractivity contribution < 1.29 is 27.4 Å². The molecule has 0 unspecified atom stereocenters. The summed E-state index contributed by atoms with van der Waals surface area (Å²) in [5.74, 6) is 0.687. The Kier molecular flexibility index (Phi) is 4.41. The summed E-state index contributed by atoms with van der Waals surface area (Å²) >= 11 is 0. The van der Waals surface area contributed by atoms with Crippen molar-refractivity contribution in [2.75, 3.05) is 30.9 Å². The summed E-state index contributed by atoms with van der Waals surface area (Å²) in [6.45, 7) is -0.178. The number of hydrogen-bond donors (Lipinski definition) is 2. The summed E-state index contributed by atoms with van der Waals surface area (Å²) in [6, 6.07) is 9.06. The average molecular weight is 364 g/mol. The number of benzene rings is 2. The number of carbonyl (C=O) groups is 1. The third kappa shape index (κ3) is 3.31. The minimum atomic E-state index is -3.90. The van der Waals surface area contributed by atoms with Crippen LogP contribution in [0.25, 0.3) is 0 Å². The lowest BCUT2D eigenvalue weighted by molar-refractivity contribution is -0.118. The Balaban J connectivity index is 1.95. The molecular formula is C16H16N2O6S. The fourth-order valence-electron chi connectivity index (χ4n) is 2.38. The highest BCUT2D eigenvalue weighted by Crippen LogP contribution is 2.37. The summed E-state index contributed by atoms with van der Waals surface area (Å²) < 4.78 is 43.4. The van der Waals surface area contributed by atoms with Crippen molar-refractivity contribution in [2.45, 2.75) is 4.90 Å². The predicted molar refractivity (Wildman–Crippen MR) is 90.9 cm³/mol. The van der Waals surface area contributed by atoms with Crippen LogP contribution in [-0.2, 0) is 14.8 Å². The van der Waals surface area contributed by atoms with Gasteiger partial charge in [0.05, 0.1) is 30.5 Å². The van der Waals surface area contributed by atoms with Gasteiger partial charge in [-0.3, -0.25) is 9.52 Å². The number of para-hydroxylation sites is 1. The first-order chi connectivity index (χ1) is 11.9. The van der Waals surface area contributed by atoms with E-state index in [0.717, 1.165) is 0 Å². The lowest BCUT2D eigenvalue weighted by atomic mass is 10.2. The van der Waals surface area contributed by atoms with Crippen LogP contribution in [0.4, 0.5) is 11.4 Å². The van der Waals surface area contributed by atoms with Gasteiger partial charge in [0, 0.05) is 6.07 Å². The largest absolute Gasteiger partial charge is 0.493 e. The Hall–Kier alpha value is -2.94. The Morgan fingerprint density at radius 1 is 1.12 bits per heavy atom. The van der Waals surface area contributed by atoms with Crippen LogP contribution in [0, 0.1) is 0 Å². The fourth-order valence-corrected chi connectivity index (χ4v) is 3.46. The van der Waals surface area contributed by atoms with Crippen LogP contribution in [0.2, 0.25) is 0 Å². The van der Waals surface area contributed by atoms with Gasteiger partial charge >= 0.3 is 0 Å². The van der Waals surface area contributed by atoms with Crippen LogP contribution in [-0.4, -0.2) is 35.2 Å². The average Bonchev–Trinajstić information content (AvgIpc) is 2.60. The van der Waals surface area contributed by atoms with Crippen LogP contribution >= 0.6 is 0 Å². The van der Waals surface area contributed by atoms with E-state index >= 15 is 0 Å². The molecule has 25 heavy (non-hydrogen) atoms. The van der Waals surface area contributed by atoms with Crippen molar-refractivity contribution in [3.05, 3.63) is 36.4 Å². The van der Waals surface area contributed by atoms with E-state index in [4.69, 9.17) is 14.2 Å². The van der Waals surface area contributed by atoms with Gasteiger partial charge in [-0.25, -0.2) is 8.42 Å². The fraction of sp³-hybridized carbons (Fsp3) is 0.188. The zero-order valence-electron chi connectivity index (χ0n) is 13.5. The molecule has 8 nitrogen and oxygen atoms in total. The first-order valence-corrected chi connectivity index (χ1v) is 8.73. The van der Waals surface area contributed by atoms with E-state index in [9.17, 15) is 13.2 Å². The second kappa shape index (κ2) is 6.52. The molecule has 3 rings (SSSR count). The standard InChI is InChI=1S/C16H16N2O6S/c1-22-13-7-6-10(8-14(13)23-2)25(20,21)18-12-5-3-4-11-16(12)24-9-15(19)17-11/h3-8,18H,9H2,1-2H3,(H,17,19). The molecule has 0 aromatic heterocycles. The zero-order chi connectivity index (χ0) is 18.0. The van der Waals surface area contributed by atoms with Crippen molar-refractivity contribution in [2.24, 2.45) is 0 Å². The second-order valence-electron chi connectivity index (χ2n) is 5.14. The first kappa shape index (κ1) is 16.9. The number of ether oxygens (including phenoxy) is 3. The van der Waals surface area contributed by atoms with Crippen molar-refractivity contribution in [3.63, 3.8) is 0 Å². The number of methoxy groups -OCH3 is 2. The highest BCUT2D eigenvalue weighted by atomic mass is 32.2. The molecule has 2 aromatic carbocycles. The summed E-state index contributed by atoms with van der Waals surface area (Å²) in [7, 11) is -1.01. The zero-order valence-corrected chi connectivity index (χ0v) is 14.3. The number of amides is 1. The quantitative estimate of drug-likeness (QED) is 0.839. The Bertz CT molecular complexity index is 926. The number of sulfonamides is 1. The van der Waals surface area contributed by atoms with E-state index < -0.39 is 10.0 Å². The summed E-state index contributed by atoms with van der Waals surface area (Å²) in [6.07, 6.45) is 0. The summed E-state index contributed by atoms with van der Waals surface area (Å²) in [4.78, 5) is 11.4. The van der Waals surface area contributed by atoms with Gasteiger partial charge in [-0.15, -0.1) is 0 Å². The third-order valence-corrected chi connectivity index (χ3v) is 4.91. The molecule has 132 valence electrons. The van der Waals surface area contributed by atoms with Gasteiger partial charge in [0.25, 0.3) is 15.9 Å². The monoisotopic (exact) mass is 364 g/mol. The van der Waals surface area contributed by atoms with Crippen molar-refractivity contribution in [1.29, 1.82) is 0 Å². The molecule has 2 aromatic rings. The van der Waals surface area contributed by atoms with Crippen molar-refractivity contribution in [1.82, 2.24) is 0 Å². The summed E-state index contributed by atoms with van der Waals surface area (Å²) in [5.41, 5.74) is 0.635. The van der Waals surface area contributed by atoms with E-state index in [0.29, 0.717) is 17.2 Å². The van der Waals surface area contributed by atoms with E-state index in [2.05, 4.69) is 10.0 Å². The Morgan fingerprint density at radius 3 is 2.60 bits per heavy atom. The normalized spacial score (nSPS) is 13.3. The topological polar surface area (TPSA) is 103 Å². The molecule has 9 heteroatoms.